The minimum Gasteiger partial charge on any atom is -0.494 e. The molecule has 1 aliphatic rings. The van der Waals surface area contributed by atoms with Crippen molar-refractivity contribution in [2.45, 2.75) is 45.4 Å². The summed E-state index contributed by atoms with van der Waals surface area (Å²) in [5, 5.41) is 4.70. The average molecular weight is 284 g/mol. The second-order valence-electron chi connectivity index (χ2n) is 5.91. The van der Waals surface area contributed by atoms with Crippen LogP contribution in [0.25, 0.3) is 10.9 Å². The fourth-order valence-corrected chi connectivity index (χ4v) is 3.43. The van der Waals surface area contributed by atoms with E-state index in [1.807, 2.05) is 6.07 Å². The summed E-state index contributed by atoms with van der Waals surface area (Å²) >= 11 is 0. The molecule has 1 N–H and O–H groups in total. The Kier molecular flexibility index (Phi) is 4.00. The summed E-state index contributed by atoms with van der Waals surface area (Å²) in [5.41, 5.74) is 4.66. The second-order valence-corrected chi connectivity index (χ2v) is 5.91. The van der Waals surface area contributed by atoms with Crippen LogP contribution < -0.4 is 10.1 Å². The number of aromatic nitrogens is 1. The maximum Gasteiger partial charge on any atom is 0.145 e. The van der Waals surface area contributed by atoms with Gasteiger partial charge >= 0.3 is 0 Å². The van der Waals surface area contributed by atoms with Gasteiger partial charge in [0.2, 0.25) is 0 Å². The number of hydrogen-bond donors (Lipinski definition) is 1. The molecule has 0 unspecified atom stereocenters. The summed E-state index contributed by atoms with van der Waals surface area (Å²) in [4.78, 5) is 4.97. The highest BCUT2D eigenvalue weighted by Crippen LogP contribution is 2.38. The quantitative estimate of drug-likeness (QED) is 0.888. The van der Waals surface area contributed by atoms with Gasteiger partial charge in [-0.3, -0.25) is 0 Å². The Bertz CT molecular complexity index is 645. The third-order valence-electron chi connectivity index (χ3n) is 4.51. The Morgan fingerprint density at radius 2 is 2.05 bits per heavy atom. The van der Waals surface area contributed by atoms with Crippen molar-refractivity contribution in [3.8, 4) is 5.75 Å². The zero-order valence-electron chi connectivity index (χ0n) is 13.2. The van der Waals surface area contributed by atoms with Crippen LogP contribution in [0.15, 0.2) is 18.2 Å². The Balaban J connectivity index is 2.23. The van der Waals surface area contributed by atoms with Crippen LogP contribution in [0.4, 0.5) is 5.69 Å². The van der Waals surface area contributed by atoms with Crippen LogP contribution in [-0.4, -0.2) is 18.6 Å². The second kappa shape index (κ2) is 5.92. The minimum atomic E-state index is 0.608. The van der Waals surface area contributed by atoms with Gasteiger partial charge in [0.1, 0.15) is 11.3 Å². The van der Waals surface area contributed by atoms with Gasteiger partial charge < -0.3 is 10.1 Å². The largest absolute Gasteiger partial charge is 0.494 e. The van der Waals surface area contributed by atoms with Gasteiger partial charge in [0.25, 0.3) is 0 Å². The number of aryl methyl sites for hydroxylation is 1. The summed E-state index contributed by atoms with van der Waals surface area (Å²) < 4.78 is 5.54. The van der Waals surface area contributed by atoms with Gasteiger partial charge in [0.15, 0.2) is 0 Å². The third-order valence-corrected chi connectivity index (χ3v) is 4.51. The normalized spacial score (nSPS) is 15.6. The molecule has 1 fully saturated rings. The fraction of sp³-hybridized carbons (Fsp3) is 0.500. The first kappa shape index (κ1) is 14.2. The zero-order chi connectivity index (χ0) is 14.8. The predicted molar refractivity (Wildman–Crippen MR) is 88.4 cm³/mol. The molecule has 1 aromatic heterocycles. The van der Waals surface area contributed by atoms with E-state index in [1.165, 1.54) is 48.0 Å². The van der Waals surface area contributed by atoms with E-state index in [0.29, 0.717) is 5.92 Å². The van der Waals surface area contributed by atoms with Crippen molar-refractivity contribution < 1.29 is 4.74 Å². The average Bonchev–Trinajstić information content (AvgIpc) is 3.02. The van der Waals surface area contributed by atoms with Gasteiger partial charge in [-0.15, -0.1) is 0 Å². The van der Waals surface area contributed by atoms with Gasteiger partial charge in [-0.1, -0.05) is 18.9 Å². The number of anilines is 1. The molecule has 0 radical (unpaired) electrons. The molecule has 112 valence electrons. The van der Waals surface area contributed by atoms with Crippen molar-refractivity contribution in [2.24, 2.45) is 0 Å². The summed E-state index contributed by atoms with van der Waals surface area (Å²) in [6.45, 7) is 5.19. The molecule has 0 amide bonds. The summed E-state index contributed by atoms with van der Waals surface area (Å²) in [6.07, 6.45) is 5.17. The number of nitrogens with one attached hydrogen (secondary N) is 1. The smallest absolute Gasteiger partial charge is 0.145 e. The molecule has 1 aromatic carbocycles. The van der Waals surface area contributed by atoms with Crippen LogP contribution >= 0.6 is 0 Å². The maximum atomic E-state index is 5.54. The number of pyridine rings is 1. The molecular weight excluding hydrogens is 260 g/mol. The lowest BCUT2D eigenvalue weighted by atomic mass is 9.99. The van der Waals surface area contributed by atoms with Crippen molar-refractivity contribution in [1.29, 1.82) is 0 Å². The van der Waals surface area contributed by atoms with Crippen molar-refractivity contribution in [1.82, 2.24) is 4.98 Å². The lowest BCUT2D eigenvalue weighted by Gasteiger charge is -2.17. The molecule has 3 heteroatoms. The van der Waals surface area contributed by atoms with E-state index >= 15 is 0 Å². The number of rotatable bonds is 4. The van der Waals surface area contributed by atoms with E-state index in [1.54, 1.807) is 7.11 Å². The molecule has 0 spiro atoms. The number of benzene rings is 1. The highest BCUT2D eigenvalue weighted by atomic mass is 16.5. The first-order chi connectivity index (χ1) is 10.2. The Hall–Kier alpha value is -1.77. The Labute approximate surface area is 126 Å². The lowest BCUT2D eigenvalue weighted by molar-refractivity contribution is 0.418. The molecule has 0 atom stereocenters. The molecule has 1 heterocycles. The third kappa shape index (κ3) is 2.57. The van der Waals surface area contributed by atoms with E-state index in [9.17, 15) is 0 Å². The number of methoxy groups -OCH3 is 1. The van der Waals surface area contributed by atoms with Crippen LogP contribution in [0, 0.1) is 6.92 Å². The number of hydrogen-bond acceptors (Lipinski definition) is 3. The molecule has 1 aliphatic carbocycles. The van der Waals surface area contributed by atoms with Crippen LogP contribution in [0.1, 0.15) is 49.8 Å². The molecule has 3 nitrogen and oxygen atoms in total. The van der Waals surface area contributed by atoms with Gasteiger partial charge in [-0.05, 0) is 44.4 Å². The molecule has 3 rings (SSSR count). The Morgan fingerprint density at radius 1 is 1.29 bits per heavy atom. The van der Waals surface area contributed by atoms with Crippen molar-refractivity contribution in [3.05, 3.63) is 29.5 Å². The van der Waals surface area contributed by atoms with E-state index in [0.717, 1.165) is 17.8 Å². The van der Waals surface area contributed by atoms with Crippen LogP contribution in [0.5, 0.6) is 5.75 Å². The number of fused-ring (bicyclic) bond motifs is 1. The first-order valence-corrected chi connectivity index (χ1v) is 7.96. The summed E-state index contributed by atoms with van der Waals surface area (Å²) in [7, 11) is 1.72. The SMILES string of the molecule is CCNc1cc(C2CCCC2)nc2c(OC)ccc(C)c12. The molecule has 0 bridgehead atoms. The predicted octanol–water partition coefficient (Wildman–Crippen LogP) is 4.64. The number of nitrogens with zero attached hydrogens (tertiary/aromatic N) is 1. The van der Waals surface area contributed by atoms with Crippen LogP contribution in [0.3, 0.4) is 0 Å². The highest BCUT2D eigenvalue weighted by Gasteiger charge is 2.21. The standard InChI is InChI=1S/C18H24N2O/c1-4-19-15-11-14(13-7-5-6-8-13)20-18-16(21-3)10-9-12(2)17(15)18/h9-11,13H,4-8H2,1-3H3,(H,19,20). The van der Waals surface area contributed by atoms with Gasteiger partial charge in [0, 0.05) is 29.2 Å². The first-order valence-electron chi connectivity index (χ1n) is 7.96. The molecule has 0 saturated heterocycles. The van der Waals surface area contributed by atoms with E-state index in [4.69, 9.17) is 9.72 Å². The highest BCUT2D eigenvalue weighted by molar-refractivity contribution is 5.97. The topological polar surface area (TPSA) is 34.2 Å². The van der Waals surface area contributed by atoms with Gasteiger partial charge in [-0.25, -0.2) is 4.98 Å². The lowest BCUT2D eigenvalue weighted by Crippen LogP contribution is -2.04. The van der Waals surface area contributed by atoms with E-state index < -0.39 is 0 Å². The minimum absolute atomic E-state index is 0.608. The Morgan fingerprint density at radius 3 is 2.71 bits per heavy atom. The van der Waals surface area contributed by atoms with Crippen molar-refractivity contribution >= 4 is 16.6 Å². The van der Waals surface area contributed by atoms with E-state index in [2.05, 4.69) is 31.3 Å². The van der Waals surface area contributed by atoms with E-state index in [-0.39, 0.29) is 0 Å². The monoisotopic (exact) mass is 284 g/mol. The van der Waals surface area contributed by atoms with Crippen molar-refractivity contribution in [3.63, 3.8) is 0 Å². The molecule has 0 aliphatic heterocycles. The van der Waals surface area contributed by atoms with Gasteiger partial charge in [-0.2, -0.15) is 0 Å². The molecular formula is C18H24N2O. The maximum absolute atomic E-state index is 5.54. The number of ether oxygens (including phenoxy) is 1. The van der Waals surface area contributed by atoms with Crippen LogP contribution in [0.2, 0.25) is 0 Å². The summed E-state index contributed by atoms with van der Waals surface area (Å²) in [5.74, 6) is 1.48. The van der Waals surface area contributed by atoms with Crippen LogP contribution in [-0.2, 0) is 0 Å². The summed E-state index contributed by atoms with van der Waals surface area (Å²) in [6, 6.07) is 6.39. The van der Waals surface area contributed by atoms with Crippen molar-refractivity contribution in [2.75, 3.05) is 19.0 Å². The fourth-order valence-electron chi connectivity index (χ4n) is 3.43. The molecule has 1 saturated carbocycles. The van der Waals surface area contributed by atoms with Gasteiger partial charge in [0.05, 0.1) is 7.11 Å². The molecule has 21 heavy (non-hydrogen) atoms. The zero-order valence-corrected chi connectivity index (χ0v) is 13.2. The molecule has 2 aromatic rings.